The summed E-state index contributed by atoms with van der Waals surface area (Å²) in [7, 11) is 0. The van der Waals surface area contributed by atoms with Crippen molar-refractivity contribution in [1.29, 1.82) is 0 Å². The summed E-state index contributed by atoms with van der Waals surface area (Å²) < 4.78 is 32.3. The summed E-state index contributed by atoms with van der Waals surface area (Å²) in [6.07, 6.45) is -1.52. The Morgan fingerprint density at radius 1 is 0.556 bits per heavy atom. The smallest absolute Gasteiger partial charge is 0.213 e. The molecule has 0 radical (unpaired) electrons. The predicted octanol–water partition coefficient (Wildman–Crippen LogP) is 7.80. The lowest BCUT2D eigenvalue weighted by Crippen LogP contribution is -2.38. The van der Waals surface area contributed by atoms with Crippen molar-refractivity contribution in [1.82, 2.24) is 4.98 Å². The van der Waals surface area contributed by atoms with Gasteiger partial charge in [-0.3, -0.25) is 0 Å². The topological polar surface area (TPSA) is 59.0 Å². The van der Waals surface area contributed by atoms with Gasteiger partial charge in [0.15, 0.2) is 0 Å². The summed E-state index contributed by atoms with van der Waals surface area (Å²) >= 11 is 0. The van der Waals surface area contributed by atoms with Crippen molar-refractivity contribution in [2.45, 2.75) is 57.8 Å². The Labute approximate surface area is 265 Å². The number of aromatic nitrogens is 1. The molecule has 1 saturated heterocycles. The third-order valence-electron chi connectivity index (χ3n) is 7.91. The number of rotatable bonds is 14. The highest BCUT2D eigenvalue weighted by Crippen LogP contribution is 2.40. The van der Waals surface area contributed by atoms with Crippen LogP contribution in [0.1, 0.15) is 39.6 Å². The Bertz CT molecular complexity index is 1580. The zero-order valence-corrected chi connectivity index (χ0v) is 25.5. The summed E-state index contributed by atoms with van der Waals surface area (Å²) in [6.45, 7) is 4.15. The van der Waals surface area contributed by atoms with E-state index in [0.29, 0.717) is 38.9 Å². The number of hydrogen-bond donors (Lipinski definition) is 0. The van der Waals surface area contributed by atoms with Crippen LogP contribution in [0.15, 0.2) is 133 Å². The molecule has 2 unspecified atom stereocenters. The van der Waals surface area contributed by atoms with E-state index in [0.717, 1.165) is 33.5 Å². The van der Waals surface area contributed by atoms with Gasteiger partial charge in [-0.25, -0.2) is 4.98 Å². The van der Waals surface area contributed by atoms with E-state index in [9.17, 15) is 0 Å². The van der Waals surface area contributed by atoms with Crippen molar-refractivity contribution >= 4 is 0 Å². The SMILES string of the molecule is Cc1nc(OCc2ccccc2)ccc1[C@@H]1O[C@H](COCc2ccccc2)C(OCc2ccccc2)C1OCc1ccccc1. The molecule has 0 saturated carbocycles. The van der Waals surface area contributed by atoms with Crippen LogP contribution in [-0.2, 0) is 45.4 Å². The number of benzene rings is 4. The van der Waals surface area contributed by atoms with Crippen LogP contribution in [-0.4, -0.2) is 29.9 Å². The van der Waals surface area contributed by atoms with Gasteiger partial charge in [0.05, 0.1) is 26.4 Å². The Hall–Kier alpha value is -4.33. The van der Waals surface area contributed by atoms with Gasteiger partial charge in [0.25, 0.3) is 0 Å². The molecular formula is C39H39NO5. The Morgan fingerprint density at radius 3 is 1.58 bits per heavy atom. The largest absolute Gasteiger partial charge is 0.473 e. The molecule has 0 N–H and O–H groups in total. The van der Waals surface area contributed by atoms with Crippen molar-refractivity contribution in [3.63, 3.8) is 0 Å². The number of pyridine rings is 1. The molecule has 1 aliphatic heterocycles. The van der Waals surface area contributed by atoms with Gasteiger partial charge in [0, 0.05) is 17.3 Å². The lowest BCUT2D eigenvalue weighted by Gasteiger charge is -2.26. The first-order chi connectivity index (χ1) is 22.2. The van der Waals surface area contributed by atoms with Gasteiger partial charge in [-0.05, 0) is 35.2 Å². The molecule has 4 atom stereocenters. The molecule has 0 bridgehead atoms. The second-order valence-electron chi connectivity index (χ2n) is 11.2. The van der Waals surface area contributed by atoms with E-state index in [-0.39, 0.29) is 12.2 Å². The minimum Gasteiger partial charge on any atom is -0.473 e. The molecule has 0 amide bonds. The van der Waals surface area contributed by atoms with Gasteiger partial charge in [-0.2, -0.15) is 0 Å². The van der Waals surface area contributed by atoms with Crippen molar-refractivity contribution < 1.29 is 23.7 Å². The summed E-state index contributed by atoms with van der Waals surface area (Å²) in [5, 5.41) is 0. The molecule has 1 aromatic heterocycles. The second-order valence-corrected chi connectivity index (χ2v) is 11.2. The maximum Gasteiger partial charge on any atom is 0.213 e. The van der Waals surface area contributed by atoms with Crippen LogP contribution in [0.25, 0.3) is 0 Å². The quantitative estimate of drug-likeness (QED) is 0.129. The minimum atomic E-state index is -0.407. The molecule has 5 aromatic rings. The van der Waals surface area contributed by atoms with E-state index in [1.807, 2.05) is 104 Å². The standard InChI is InChI=1S/C39H39NO5/c1-29-34(22-23-36(40-29)42-25-31-16-8-3-9-17-31)37-39(44-27-33-20-12-5-13-21-33)38(43-26-32-18-10-4-11-19-32)35(45-37)28-41-24-30-14-6-2-7-15-30/h2-23,35,37-39H,24-28H2,1H3/t35-,37+,38?,39?/m1/s1. The number of ether oxygens (including phenoxy) is 5. The molecule has 0 aliphatic carbocycles. The molecule has 4 aromatic carbocycles. The Balaban J connectivity index is 1.24. The van der Waals surface area contributed by atoms with Crippen molar-refractivity contribution in [3.8, 4) is 5.88 Å². The molecule has 6 heteroatoms. The number of hydrogen-bond acceptors (Lipinski definition) is 6. The van der Waals surface area contributed by atoms with Crippen molar-refractivity contribution in [2.75, 3.05) is 6.61 Å². The lowest BCUT2D eigenvalue weighted by molar-refractivity contribution is -0.0898. The fourth-order valence-electron chi connectivity index (χ4n) is 5.56. The van der Waals surface area contributed by atoms with E-state index >= 15 is 0 Å². The van der Waals surface area contributed by atoms with E-state index in [1.165, 1.54) is 0 Å². The Morgan fingerprint density at radius 2 is 1.04 bits per heavy atom. The fourth-order valence-corrected chi connectivity index (χ4v) is 5.56. The number of nitrogens with zero attached hydrogens (tertiary/aromatic N) is 1. The van der Waals surface area contributed by atoms with Crippen molar-refractivity contribution in [2.24, 2.45) is 0 Å². The summed E-state index contributed by atoms with van der Waals surface area (Å²) in [6, 6.07) is 44.5. The van der Waals surface area contributed by atoms with Gasteiger partial charge < -0.3 is 23.7 Å². The van der Waals surface area contributed by atoms with Gasteiger partial charge in [0.2, 0.25) is 5.88 Å². The molecule has 2 heterocycles. The van der Waals surface area contributed by atoms with Crippen LogP contribution in [0.2, 0.25) is 0 Å². The van der Waals surface area contributed by atoms with Gasteiger partial charge in [0.1, 0.15) is 31.0 Å². The van der Waals surface area contributed by atoms with Gasteiger partial charge >= 0.3 is 0 Å². The minimum absolute atomic E-state index is 0.350. The first-order valence-corrected chi connectivity index (χ1v) is 15.5. The molecule has 6 rings (SSSR count). The highest BCUT2D eigenvalue weighted by Gasteiger charge is 2.47. The molecular weight excluding hydrogens is 562 g/mol. The molecule has 6 nitrogen and oxygen atoms in total. The van der Waals surface area contributed by atoms with Crippen LogP contribution in [0.4, 0.5) is 0 Å². The van der Waals surface area contributed by atoms with Gasteiger partial charge in [-0.15, -0.1) is 0 Å². The molecule has 1 aliphatic rings. The normalized spacial score (nSPS) is 19.4. The highest BCUT2D eigenvalue weighted by atomic mass is 16.6. The van der Waals surface area contributed by atoms with E-state index in [4.69, 9.17) is 28.7 Å². The first kappa shape index (κ1) is 30.7. The third-order valence-corrected chi connectivity index (χ3v) is 7.91. The van der Waals surface area contributed by atoms with Crippen LogP contribution in [0.3, 0.4) is 0 Å². The zero-order valence-electron chi connectivity index (χ0n) is 25.5. The maximum atomic E-state index is 6.78. The lowest BCUT2D eigenvalue weighted by atomic mass is 10.00. The van der Waals surface area contributed by atoms with E-state index < -0.39 is 12.2 Å². The first-order valence-electron chi connectivity index (χ1n) is 15.5. The van der Waals surface area contributed by atoms with Crippen LogP contribution < -0.4 is 4.74 Å². The van der Waals surface area contributed by atoms with E-state index in [2.05, 4.69) is 36.4 Å². The number of aryl methyl sites for hydroxylation is 1. The summed E-state index contributed by atoms with van der Waals surface area (Å²) in [5.41, 5.74) is 6.14. The summed E-state index contributed by atoms with van der Waals surface area (Å²) in [5.74, 6) is 0.569. The third kappa shape index (κ3) is 8.44. The highest BCUT2D eigenvalue weighted by molar-refractivity contribution is 5.30. The second kappa shape index (κ2) is 15.6. The van der Waals surface area contributed by atoms with E-state index in [1.54, 1.807) is 0 Å². The average Bonchev–Trinajstić information content (AvgIpc) is 3.43. The van der Waals surface area contributed by atoms with Crippen molar-refractivity contribution in [3.05, 3.63) is 167 Å². The monoisotopic (exact) mass is 601 g/mol. The van der Waals surface area contributed by atoms with Crippen LogP contribution in [0, 0.1) is 6.92 Å². The van der Waals surface area contributed by atoms with Crippen LogP contribution >= 0.6 is 0 Å². The Kier molecular flexibility index (Phi) is 10.6. The zero-order chi connectivity index (χ0) is 30.7. The average molecular weight is 602 g/mol. The van der Waals surface area contributed by atoms with Crippen LogP contribution in [0.5, 0.6) is 5.88 Å². The molecule has 1 fully saturated rings. The maximum absolute atomic E-state index is 6.78. The van der Waals surface area contributed by atoms with Gasteiger partial charge in [-0.1, -0.05) is 121 Å². The molecule has 0 spiro atoms. The summed E-state index contributed by atoms with van der Waals surface area (Å²) in [4.78, 5) is 4.80. The molecule has 230 valence electrons. The fraction of sp³-hybridized carbons (Fsp3) is 0.256. The molecule has 45 heavy (non-hydrogen) atoms. The predicted molar refractivity (Wildman–Crippen MR) is 173 cm³/mol.